The fourth-order valence-electron chi connectivity index (χ4n) is 6.66. The molecule has 0 saturated carbocycles. The number of fused-ring (bicyclic) bond motifs is 6. The Labute approximate surface area is 246 Å². The third-order valence-electron chi connectivity index (χ3n) is 8.33. The normalized spacial score (nSPS) is 23.5. The van der Waals surface area contributed by atoms with Gasteiger partial charge in [0, 0.05) is 32.7 Å². The number of halogens is 2. The van der Waals surface area contributed by atoms with Crippen molar-refractivity contribution in [2.75, 3.05) is 15.5 Å². The number of para-hydroxylation sites is 2. The predicted octanol–water partition coefficient (Wildman–Crippen LogP) is 6.61. The average Bonchev–Trinajstić information content (AvgIpc) is 3.47. The second-order valence-electron chi connectivity index (χ2n) is 10.4. The zero-order valence-corrected chi connectivity index (χ0v) is 23.1. The maximum absolute atomic E-state index is 14.7. The number of ketones is 1. The van der Waals surface area contributed by atoms with Crippen LogP contribution in [-0.4, -0.2) is 29.7 Å². The summed E-state index contributed by atoms with van der Waals surface area (Å²) >= 11 is 12.2. The number of amides is 2. The predicted molar refractivity (Wildman–Crippen MR) is 162 cm³/mol. The molecule has 4 aromatic rings. The highest BCUT2D eigenvalue weighted by Crippen LogP contribution is 2.57. The second kappa shape index (κ2) is 9.61. The first kappa shape index (κ1) is 25.6. The summed E-state index contributed by atoms with van der Waals surface area (Å²) in [7, 11) is 0. The molecule has 0 bridgehead atoms. The van der Waals surface area contributed by atoms with E-state index in [1.807, 2.05) is 65.6 Å². The van der Waals surface area contributed by atoms with Crippen LogP contribution in [0.3, 0.4) is 0 Å². The molecule has 1 saturated heterocycles. The molecule has 3 heterocycles. The molecule has 3 aliphatic rings. The summed E-state index contributed by atoms with van der Waals surface area (Å²) in [5.41, 5.74) is 2.53. The molecule has 7 rings (SSSR count). The molecule has 3 aliphatic heterocycles. The van der Waals surface area contributed by atoms with Crippen LogP contribution in [0.2, 0.25) is 10.0 Å². The van der Waals surface area contributed by atoms with E-state index in [0.29, 0.717) is 32.5 Å². The van der Waals surface area contributed by atoms with Gasteiger partial charge in [-0.1, -0.05) is 71.8 Å². The fraction of sp³-hybridized carbons (Fsp3) is 0.121. The van der Waals surface area contributed by atoms with Crippen molar-refractivity contribution >= 4 is 63.9 Å². The van der Waals surface area contributed by atoms with Crippen LogP contribution in [0.15, 0.2) is 103 Å². The number of carbonyl (C=O) groups excluding carboxylic acids is 3. The van der Waals surface area contributed by atoms with Crippen molar-refractivity contribution in [3.63, 3.8) is 0 Å². The monoisotopic (exact) mass is 579 g/mol. The van der Waals surface area contributed by atoms with Crippen LogP contribution in [0.5, 0.6) is 0 Å². The molecule has 4 aromatic carbocycles. The number of hydrogen-bond acceptors (Lipinski definition) is 4. The van der Waals surface area contributed by atoms with Gasteiger partial charge in [0.1, 0.15) is 11.5 Å². The van der Waals surface area contributed by atoms with Gasteiger partial charge in [-0.15, -0.1) is 0 Å². The van der Waals surface area contributed by atoms with E-state index in [4.69, 9.17) is 23.2 Å². The maximum atomic E-state index is 14.7. The number of carbonyl (C=O) groups is 3. The summed E-state index contributed by atoms with van der Waals surface area (Å²) in [4.78, 5) is 45.3. The molecule has 2 amide bonds. The van der Waals surface area contributed by atoms with Crippen LogP contribution in [0.25, 0.3) is 6.08 Å². The van der Waals surface area contributed by atoms with Crippen molar-refractivity contribution < 1.29 is 14.4 Å². The molecule has 41 heavy (non-hydrogen) atoms. The van der Waals surface area contributed by atoms with Gasteiger partial charge in [0.25, 0.3) is 0 Å². The first-order valence-corrected chi connectivity index (χ1v) is 14.0. The van der Waals surface area contributed by atoms with Gasteiger partial charge in [-0.05, 0) is 71.8 Å². The molecule has 0 aromatic heterocycles. The van der Waals surface area contributed by atoms with Crippen LogP contribution < -0.4 is 15.5 Å². The van der Waals surface area contributed by atoms with Gasteiger partial charge >= 0.3 is 0 Å². The lowest BCUT2D eigenvalue weighted by Crippen LogP contribution is -2.51. The Hall–Kier alpha value is -4.39. The lowest BCUT2D eigenvalue weighted by Gasteiger charge is -2.37. The minimum Gasteiger partial charge on any atom is -0.350 e. The molecule has 1 spiro atoms. The summed E-state index contributed by atoms with van der Waals surface area (Å²) < 4.78 is 0. The van der Waals surface area contributed by atoms with Crippen LogP contribution in [-0.2, 0) is 15.0 Å². The number of rotatable bonds is 4. The molecule has 1 unspecified atom stereocenters. The molecule has 0 radical (unpaired) electrons. The maximum Gasteiger partial charge on any atom is 0.247 e. The van der Waals surface area contributed by atoms with Crippen LogP contribution >= 0.6 is 23.2 Å². The van der Waals surface area contributed by atoms with E-state index in [2.05, 4.69) is 10.6 Å². The lowest BCUT2D eigenvalue weighted by atomic mass is 9.64. The molecular weight excluding hydrogens is 557 g/mol. The third-order valence-corrected chi connectivity index (χ3v) is 8.84. The molecular formula is C33H23Cl2N3O3. The topological polar surface area (TPSA) is 78.5 Å². The van der Waals surface area contributed by atoms with Gasteiger partial charge in [-0.3, -0.25) is 14.4 Å². The Bertz CT molecular complexity index is 1750. The molecule has 8 heteroatoms. The van der Waals surface area contributed by atoms with E-state index in [9.17, 15) is 14.4 Å². The molecule has 0 aliphatic carbocycles. The Morgan fingerprint density at radius 3 is 2.24 bits per heavy atom. The summed E-state index contributed by atoms with van der Waals surface area (Å²) in [5, 5.41) is 7.05. The molecule has 202 valence electrons. The summed E-state index contributed by atoms with van der Waals surface area (Å²) in [6.07, 6.45) is 3.91. The second-order valence-corrected chi connectivity index (χ2v) is 11.3. The summed E-state index contributed by atoms with van der Waals surface area (Å²) in [6.45, 7) is 0. The minimum absolute atomic E-state index is 0.313. The highest BCUT2D eigenvalue weighted by Gasteiger charge is 2.70. The van der Waals surface area contributed by atoms with Crippen molar-refractivity contribution in [3.8, 4) is 0 Å². The Kier molecular flexibility index (Phi) is 6.00. The van der Waals surface area contributed by atoms with Crippen LogP contribution in [0, 0.1) is 5.92 Å². The van der Waals surface area contributed by atoms with Gasteiger partial charge in [-0.25, -0.2) is 0 Å². The van der Waals surface area contributed by atoms with E-state index in [1.54, 1.807) is 48.5 Å². The SMILES string of the molecule is O=C(c1ccc(Cl)cc1)[C@@H]1[C@H](C(=O)Nc2ccc(Cl)cc2)N2c3ccccc3C=CC2[C@@]12C(=O)Nc1ccccc12. The minimum atomic E-state index is -1.38. The first-order chi connectivity index (χ1) is 19.9. The van der Waals surface area contributed by atoms with Gasteiger partial charge in [-0.2, -0.15) is 0 Å². The zero-order valence-electron chi connectivity index (χ0n) is 21.6. The number of hydrogen-bond donors (Lipinski definition) is 2. The van der Waals surface area contributed by atoms with E-state index < -0.39 is 29.3 Å². The average molecular weight is 580 g/mol. The largest absolute Gasteiger partial charge is 0.350 e. The number of anilines is 3. The van der Waals surface area contributed by atoms with Crippen molar-refractivity contribution in [2.24, 2.45) is 5.92 Å². The van der Waals surface area contributed by atoms with Crippen molar-refractivity contribution in [1.82, 2.24) is 0 Å². The standard InChI is InChI=1S/C33H23Cl2N3O3/c34-21-12-9-20(10-13-21)30(39)28-29(31(40)36-23-16-14-22(35)15-17-23)38-26-8-4-1-5-19(26)11-18-27(38)33(28)24-6-2-3-7-25(24)37-32(33)41/h1-18,27-29H,(H,36,40)(H,37,41)/t27?,28-,29+,33+/m0/s1. The van der Waals surface area contributed by atoms with Gasteiger partial charge in [0.05, 0.1) is 12.0 Å². The first-order valence-electron chi connectivity index (χ1n) is 13.2. The van der Waals surface area contributed by atoms with Crippen LogP contribution in [0.1, 0.15) is 21.5 Å². The number of benzene rings is 4. The van der Waals surface area contributed by atoms with E-state index >= 15 is 0 Å². The van der Waals surface area contributed by atoms with Crippen molar-refractivity contribution in [1.29, 1.82) is 0 Å². The smallest absolute Gasteiger partial charge is 0.247 e. The Balaban J connectivity index is 1.48. The van der Waals surface area contributed by atoms with E-state index in [-0.39, 0.29) is 11.7 Å². The number of nitrogens with zero attached hydrogens (tertiary/aromatic N) is 1. The van der Waals surface area contributed by atoms with Gasteiger partial charge in [0.15, 0.2) is 5.78 Å². The fourth-order valence-corrected chi connectivity index (χ4v) is 6.91. The lowest BCUT2D eigenvalue weighted by molar-refractivity contribution is -0.122. The van der Waals surface area contributed by atoms with Crippen molar-refractivity contribution in [2.45, 2.75) is 17.5 Å². The summed E-state index contributed by atoms with van der Waals surface area (Å²) in [6, 6.07) is 26.8. The number of Topliss-reactive ketones (excluding diaryl/α,β-unsaturated/α-hetero) is 1. The molecule has 6 nitrogen and oxygen atoms in total. The third kappa shape index (κ3) is 3.82. The zero-order chi connectivity index (χ0) is 28.3. The van der Waals surface area contributed by atoms with Gasteiger partial charge < -0.3 is 15.5 Å². The molecule has 4 atom stereocenters. The Morgan fingerprint density at radius 1 is 0.829 bits per heavy atom. The van der Waals surface area contributed by atoms with Crippen LogP contribution in [0.4, 0.5) is 17.1 Å². The quantitative estimate of drug-likeness (QED) is 0.267. The van der Waals surface area contributed by atoms with Gasteiger partial charge in [0.2, 0.25) is 11.8 Å². The molecule has 2 N–H and O–H groups in total. The Morgan fingerprint density at radius 2 is 1.49 bits per heavy atom. The summed E-state index contributed by atoms with van der Waals surface area (Å²) in [5.74, 6) is -2.10. The highest BCUT2D eigenvalue weighted by atomic mass is 35.5. The van der Waals surface area contributed by atoms with E-state index in [0.717, 1.165) is 11.3 Å². The van der Waals surface area contributed by atoms with Crippen molar-refractivity contribution in [3.05, 3.63) is 130 Å². The number of nitrogens with one attached hydrogen (secondary N) is 2. The van der Waals surface area contributed by atoms with E-state index in [1.165, 1.54) is 0 Å². The molecule has 1 fully saturated rings. The highest BCUT2D eigenvalue weighted by molar-refractivity contribution is 6.31.